The topological polar surface area (TPSA) is 46.3 Å². The van der Waals surface area contributed by atoms with Crippen LogP contribution in [0.3, 0.4) is 0 Å². The molecule has 0 aromatic heterocycles. The summed E-state index contributed by atoms with van der Waals surface area (Å²) in [5.41, 5.74) is 9.75. The van der Waals surface area contributed by atoms with E-state index in [2.05, 4.69) is 13.0 Å². The second-order valence-corrected chi connectivity index (χ2v) is 5.70. The zero-order chi connectivity index (χ0) is 14.8. The van der Waals surface area contributed by atoms with E-state index in [0.717, 1.165) is 29.8 Å². The standard InChI is InChI=1S/C18H20N2O/c1-13-6-9-15-4-2-3-5-17(15)20(13)18(21)12-14-7-10-16(19)11-8-14/h2-5,7-8,10-11,13H,6,9,12,19H2,1H3. The van der Waals surface area contributed by atoms with Gasteiger partial charge in [-0.2, -0.15) is 0 Å². The summed E-state index contributed by atoms with van der Waals surface area (Å²) in [5, 5.41) is 0. The Morgan fingerprint density at radius 3 is 2.67 bits per heavy atom. The van der Waals surface area contributed by atoms with Gasteiger partial charge in [0.15, 0.2) is 0 Å². The van der Waals surface area contributed by atoms with E-state index in [-0.39, 0.29) is 11.9 Å². The molecule has 0 bridgehead atoms. The van der Waals surface area contributed by atoms with Crippen LogP contribution >= 0.6 is 0 Å². The Balaban J connectivity index is 1.85. The first kappa shape index (κ1) is 13.7. The molecule has 108 valence electrons. The molecule has 0 saturated heterocycles. The molecule has 1 unspecified atom stereocenters. The highest BCUT2D eigenvalue weighted by atomic mass is 16.2. The van der Waals surface area contributed by atoms with Gasteiger partial charge in [0.05, 0.1) is 6.42 Å². The molecule has 0 spiro atoms. The third-order valence-corrected chi connectivity index (χ3v) is 4.13. The summed E-state index contributed by atoms with van der Waals surface area (Å²) in [6.45, 7) is 2.12. The van der Waals surface area contributed by atoms with Gasteiger partial charge in [-0.25, -0.2) is 0 Å². The molecule has 0 saturated carbocycles. The van der Waals surface area contributed by atoms with Crippen molar-refractivity contribution in [2.24, 2.45) is 0 Å². The Labute approximate surface area is 125 Å². The van der Waals surface area contributed by atoms with Crippen molar-refractivity contribution in [3.63, 3.8) is 0 Å². The molecule has 0 radical (unpaired) electrons. The fraction of sp³-hybridized carbons (Fsp3) is 0.278. The Morgan fingerprint density at radius 1 is 1.19 bits per heavy atom. The minimum Gasteiger partial charge on any atom is -0.399 e. The Hall–Kier alpha value is -2.29. The van der Waals surface area contributed by atoms with Gasteiger partial charge < -0.3 is 10.6 Å². The number of nitrogens with two attached hydrogens (primary N) is 1. The predicted molar refractivity (Wildman–Crippen MR) is 86.3 cm³/mol. The molecule has 2 aromatic carbocycles. The lowest BCUT2D eigenvalue weighted by atomic mass is 9.96. The zero-order valence-electron chi connectivity index (χ0n) is 12.3. The van der Waals surface area contributed by atoms with E-state index in [4.69, 9.17) is 5.73 Å². The minimum absolute atomic E-state index is 0.152. The lowest BCUT2D eigenvalue weighted by molar-refractivity contribution is -0.118. The number of amides is 1. The maximum absolute atomic E-state index is 12.7. The smallest absolute Gasteiger partial charge is 0.231 e. The monoisotopic (exact) mass is 280 g/mol. The van der Waals surface area contributed by atoms with Crippen molar-refractivity contribution in [2.75, 3.05) is 10.6 Å². The summed E-state index contributed by atoms with van der Waals surface area (Å²) in [5.74, 6) is 0.152. The SMILES string of the molecule is CC1CCc2ccccc2N1C(=O)Cc1ccc(N)cc1. The molecule has 2 aromatic rings. The van der Waals surface area contributed by atoms with Crippen LogP contribution in [0.25, 0.3) is 0 Å². The van der Waals surface area contributed by atoms with Crippen LogP contribution in [0, 0.1) is 0 Å². The van der Waals surface area contributed by atoms with Crippen LogP contribution in [0.4, 0.5) is 11.4 Å². The highest BCUT2D eigenvalue weighted by Crippen LogP contribution is 2.31. The van der Waals surface area contributed by atoms with Crippen molar-refractivity contribution in [1.82, 2.24) is 0 Å². The lowest BCUT2D eigenvalue weighted by Gasteiger charge is -2.35. The third-order valence-electron chi connectivity index (χ3n) is 4.13. The van der Waals surface area contributed by atoms with Crippen LogP contribution in [0.15, 0.2) is 48.5 Å². The summed E-state index contributed by atoms with van der Waals surface area (Å²) in [4.78, 5) is 14.7. The quantitative estimate of drug-likeness (QED) is 0.859. The van der Waals surface area contributed by atoms with Crippen LogP contribution in [0.5, 0.6) is 0 Å². The fourth-order valence-electron chi connectivity index (χ4n) is 2.96. The second kappa shape index (κ2) is 5.60. The maximum Gasteiger partial charge on any atom is 0.231 e. The minimum atomic E-state index is 0.152. The predicted octanol–water partition coefficient (Wildman–Crippen LogP) is 3.18. The number of carbonyl (C=O) groups is 1. The molecule has 0 fully saturated rings. The molecular weight excluding hydrogens is 260 g/mol. The van der Waals surface area contributed by atoms with Crippen LogP contribution in [0.2, 0.25) is 0 Å². The molecule has 0 aliphatic carbocycles. The number of aryl methyl sites for hydroxylation is 1. The number of carbonyl (C=O) groups excluding carboxylic acids is 1. The Bertz CT molecular complexity index is 649. The fourth-order valence-corrected chi connectivity index (χ4v) is 2.96. The normalized spacial score (nSPS) is 17.4. The van der Waals surface area contributed by atoms with Crippen LogP contribution in [0.1, 0.15) is 24.5 Å². The van der Waals surface area contributed by atoms with Gasteiger partial charge in [-0.1, -0.05) is 30.3 Å². The van der Waals surface area contributed by atoms with E-state index in [0.29, 0.717) is 6.42 Å². The summed E-state index contributed by atoms with van der Waals surface area (Å²) < 4.78 is 0. The van der Waals surface area contributed by atoms with Crippen LogP contribution < -0.4 is 10.6 Å². The average molecular weight is 280 g/mol. The van der Waals surface area contributed by atoms with E-state index in [1.165, 1.54) is 5.56 Å². The van der Waals surface area contributed by atoms with Gasteiger partial charge in [-0.05, 0) is 49.1 Å². The summed E-state index contributed by atoms with van der Waals surface area (Å²) >= 11 is 0. The van der Waals surface area contributed by atoms with Crippen molar-refractivity contribution in [2.45, 2.75) is 32.2 Å². The number of nitrogen functional groups attached to an aromatic ring is 1. The molecule has 3 nitrogen and oxygen atoms in total. The first-order chi connectivity index (χ1) is 10.1. The van der Waals surface area contributed by atoms with Crippen molar-refractivity contribution < 1.29 is 4.79 Å². The van der Waals surface area contributed by atoms with E-state index < -0.39 is 0 Å². The van der Waals surface area contributed by atoms with Crippen molar-refractivity contribution in [3.05, 3.63) is 59.7 Å². The van der Waals surface area contributed by atoms with E-state index in [1.54, 1.807) is 0 Å². The van der Waals surface area contributed by atoms with Gasteiger partial charge in [0, 0.05) is 17.4 Å². The molecule has 1 aliphatic heterocycles. The number of nitrogens with zero attached hydrogens (tertiary/aromatic N) is 1. The number of hydrogen-bond donors (Lipinski definition) is 1. The molecule has 1 aliphatic rings. The van der Waals surface area contributed by atoms with Crippen LogP contribution in [-0.2, 0) is 17.6 Å². The van der Waals surface area contributed by atoms with Gasteiger partial charge in [-0.3, -0.25) is 4.79 Å². The molecule has 21 heavy (non-hydrogen) atoms. The molecule has 2 N–H and O–H groups in total. The number of para-hydroxylation sites is 1. The number of fused-ring (bicyclic) bond motifs is 1. The van der Waals surface area contributed by atoms with E-state index >= 15 is 0 Å². The molecule has 1 atom stereocenters. The van der Waals surface area contributed by atoms with Crippen molar-refractivity contribution >= 4 is 17.3 Å². The first-order valence-corrected chi connectivity index (χ1v) is 7.39. The number of anilines is 2. The highest BCUT2D eigenvalue weighted by molar-refractivity contribution is 5.96. The number of rotatable bonds is 2. The summed E-state index contributed by atoms with van der Waals surface area (Å²) in [6, 6.07) is 16.0. The largest absolute Gasteiger partial charge is 0.399 e. The summed E-state index contributed by atoms with van der Waals surface area (Å²) in [6.07, 6.45) is 2.48. The first-order valence-electron chi connectivity index (χ1n) is 7.39. The van der Waals surface area contributed by atoms with Crippen molar-refractivity contribution in [1.29, 1.82) is 0 Å². The van der Waals surface area contributed by atoms with Gasteiger partial charge in [0.2, 0.25) is 5.91 Å². The van der Waals surface area contributed by atoms with Gasteiger partial charge in [0.1, 0.15) is 0 Å². The van der Waals surface area contributed by atoms with E-state index in [1.807, 2.05) is 47.4 Å². The van der Waals surface area contributed by atoms with Crippen LogP contribution in [-0.4, -0.2) is 11.9 Å². The number of hydrogen-bond acceptors (Lipinski definition) is 2. The molecule has 3 heteroatoms. The van der Waals surface area contributed by atoms with Gasteiger partial charge >= 0.3 is 0 Å². The molecular formula is C18H20N2O. The van der Waals surface area contributed by atoms with Gasteiger partial charge in [0.25, 0.3) is 0 Å². The lowest BCUT2D eigenvalue weighted by Crippen LogP contribution is -2.42. The molecule has 1 amide bonds. The highest BCUT2D eigenvalue weighted by Gasteiger charge is 2.27. The Kier molecular flexibility index (Phi) is 3.65. The zero-order valence-corrected chi connectivity index (χ0v) is 12.3. The Morgan fingerprint density at radius 2 is 1.90 bits per heavy atom. The summed E-state index contributed by atoms with van der Waals surface area (Å²) in [7, 11) is 0. The van der Waals surface area contributed by atoms with Gasteiger partial charge in [-0.15, -0.1) is 0 Å². The second-order valence-electron chi connectivity index (χ2n) is 5.70. The molecule has 3 rings (SSSR count). The third kappa shape index (κ3) is 2.77. The molecule has 1 heterocycles. The maximum atomic E-state index is 12.7. The number of benzene rings is 2. The van der Waals surface area contributed by atoms with E-state index in [9.17, 15) is 4.79 Å². The average Bonchev–Trinajstić information content (AvgIpc) is 2.49. The van der Waals surface area contributed by atoms with Crippen molar-refractivity contribution in [3.8, 4) is 0 Å².